The van der Waals surface area contributed by atoms with Gasteiger partial charge in [0, 0.05) is 35.6 Å². The van der Waals surface area contributed by atoms with Gasteiger partial charge in [-0.25, -0.2) is 4.68 Å². The fourth-order valence-corrected chi connectivity index (χ4v) is 2.51. The lowest BCUT2D eigenvalue weighted by Gasteiger charge is -2.14. The Morgan fingerprint density at radius 1 is 1.18 bits per heavy atom. The summed E-state index contributed by atoms with van der Waals surface area (Å²) in [4.78, 5) is 10.9. The normalized spacial score (nSPS) is 11.8. The average Bonchev–Trinajstić information content (AvgIpc) is 3.03. The predicted molar refractivity (Wildman–Crippen MR) is 88.4 cm³/mol. The first kappa shape index (κ1) is 14.4. The molecule has 1 N–H and O–H groups in total. The molecule has 2 aromatic heterocycles. The van der Waals surface area contributed by atoms with E-state index < -0.39 is 0 Å². The highest BCUT2D eigenvalue weighted by Crippen LogP contribution is 2.27. The molecule has 0 fully saturated rings. The third-order valence-electron chi connectivity index (χ3n) is 3.80. The molecular formula is C17H20N4O. The standard InChI is InChI=1S/C17H20N4O/c1-17(2,3)15-10-16(18-11-22)21(19-15)13-5-6-14-12(9-13)7-8-20(14)4/h5-11H,1-4H3,(H,18,22). The first-order valence-electron chi connectivity index (χ1n) is 7.26. The molecule has 22 heavy (non-hydrogen) atoms. The second-order valence-electron chi connectivity index (χ2n) is 6.51. The van der Waals surface area contributed by atoms with Crippen molar-refractivity contribution in [3.63, 3.8) is 0 Å². The summed E-state index contributed by atoms with van der Waals surface area (Å²) in [6.45, 7) is 6.31. The molecule has 1 aromatic carbocycles. The third-order valence-corrected chi connectivity index (χ3v) is 3.80. The van der Waals surface area contributed by atoms with E-state index in [-0.39, 0.29) is 5.41 Å². The SMILES string of the molecule is Cn1ccc2cc(-n3nc(C(C)(C)C)cc3NC=O)ccc21. The van der Waals surface area contributed by atoms with Crippen LogP contribution in [0.25, 0.3) is 16.6 Å². The number of carbonyl (C=O) groups is 1. The third kappa shape index (κ3) is 2.39. The lowest BCUT2D eigenvalue weighted by molar-refractivity contribution is -0.105. The number of amides is 1. The van der Waals surface area contributed by atoms with E-state index in [0.29, 0.717) is 12.2 Å². The summed E-state index contributed by atoms with van der Waals surface area (Å²) in [6.07, 6.45) is 2.71. The fraction of sp³-hybridized carbons (Fsp3) is 0.294. The zero-order valence-electron chi connectivity index (χ0n) is 13.3. The summed E-state index contributed by atoms with van der Waals surface area (Å²) >= 11 is 0. The van der Waals surface area contributed by atoms with Gasteiger partial charge in [0.1, 0.15) is 5.82 Å². The highest BCUT2D eigenvalue weighted by molar-refractivity contribution is 5.82. The highest BCUT2D eigenvalue weighted by atomic mass is 16.1. The molecule has 0 unspecified atom stereocenters. The molecule has 0 aliphatic heterocycles. The second kappa shape index (κ2) is 5.02. The van der Waals surface area contributed by atoms with Gasteiger partial charge in [-0.1, -0.05) is 20.8 Å². The Bertz CT molecular complexity index is 836. The molecule has 0 aliphatic carbocycles. The number of carbonyl (C=O) groups excluding carboxylic acids is 1. The van der Waals surface area contributed by atoms with Crippen molar-refractivity contribution in [3.8, 4) is 5.69 Å². The molecular weight excluding hydrogens is 276 g/mol. The quantitative estimate of drug-likeness (QED) is 0.754. The minimum Gasteiger partial charge on any atom is -0.351 e. The number of nitrogens with one attached hydrogen (secondary N) is 1. The Balaban J connectivity index is 2.15. The number of rotatable bonds is 3. The van der Waals surface area contributed by atoms with Crippen molar-refractivity contribution in [2.75, 3.05) is 5.32 Å². The Morgan fingerprint density at radius 3 is 2.64 bits per heavy atom. The molecule has 0 saturated heterocycles. The van der Waals surface area contributed by atoms with Crippen LogP contribution in [0, 0.1) is 0 Å². The van der Waals surface area contributed by atoms with Gasteiger partial charge in [0.25, 0.3) is 0 Å². The number of hydrogen-bond acceptors (Lipinski definition) is 2. The molecule has 0 radical (unpaired) electrons. The number of fused-ring (bicyclic) bond motifs is 1. The second-order valence-corrected chi connectivity index (χ2v) is 6.51. The minimum atomic E-state index is -0.0819. The van der Waals surface area contributed by atoms with Gasteiger partial charge < -0.3 is 9.88 Å². The molecule has 3 rings (SSSR count). The van der Waals surface area contributed by atoms with Crippen molar-refractivity contribution >= 4 is 23.1 Å². The topological polar surface area (TPSA) is 51.9 Å². The van der Waals surface area contributed by atoms with Crippen LogP contribution in [-0.2, 0) is 17.3 Å². The van der Waals surface area contributed by atoms with Crippen LogP contribution in [0.3, 0.4) is 0 Å². The van der Waals surface area contributed by atoms with E-state index in [1.807, 2.05) is 25.4 Å². The van der Waals surface area contributed by atoms with E-state index in [4.69, 9.17) is 0 Å². The Morgan fingerprint density at radius 2 is 1.95 bits per heavy atom. The maximum absolute atomic E-state index is 10.9. The predicted octanol–water partition coefficient (Wildman–Crippen LogP) is 3.23. The van der Waals surface area contributed by atoms with Crippen molar-refractivity contribution < 1.29 is 4.79 Å². The van der Waals surface area contributed by atoms with E-state index in [0.717, 1.165) is 22.3 Å². The van der Waals surface area contributed by atoms with Crippen molar-refractivity contribution in [1.29, 1.82) is 0 Å². The fourth-order valence-electron chi connectivity index (χ4n) is 2.51. The molecule has 0 spiro atoms. The Kier molecular flexibility index (Phi) is 3.28. The van der Waals surface area contributed by atoms with Crippen molar-refractivity contribution in [3.05, 3.63) is 42.2 Å². The number of anilines is 1. The van der Waals surface area contributed by atoms with Crippen LogP contribution in [0.1, 0.15) is 26.5 Å². The summed E-state index contributed by atoms with van der Waals surface area (Å²) in [6, 6.07) is 10.1. The van der Waals surface area contributed by atoms with Crippen LogP contribution < -0.4 is 5.32 Å². The van der Waals surface area contributed by atoms with Gasteiger partial charge in [0.15, 0.2) is 0 Å². The van der Waals surface area contributed by atoms with E-state index in [9.17, 15) is 4.79 Å². The average molecular weight is 296 g/mol. The van der Waals surface area contributed by atoms with Gasteiger partial charge in [-0.2, -0.15) is 5.10 Å². The molecule has 5 nitrogen and oxygen atoms in total. The van der Waals surface area contributed by atoms with Crippen molar-refractivity contribution in [2.24, 2.45) is 7.05 Å². The maximum atomic E-state index is 10.9. The minimum absolute atomic E-state index is 0.0819. The maximum Gasteiger partial charge on any atom is 0.212 e. The monoisotopic (exact) mass is 296 g/mol. The summed E-state index contributed by atoms with van der Waals surface area (Å²) in [7, 11) is 2.02. The van der Waals surface area contributed by atoms with Crippen LogP contribution >= 0.6 is 0 Å². The molecule has 114 valence electrons. The summed E-state index contributed by atoms with van der Waals surface area (Å²) in [5.41, 5.74) is 2.95. The molecule has 1 amide bonds. The summed E-state index contributed by atoms with van der Waals surface area (Å²) < 4.78 is 3.86. The number of benzene rings is 1. The molecule has 0 atom stereocenters. The van der Waals surface area contributed by atoms with E-state index in [1.165, 1.54) is 0 Å². The molecule has 2 heterocycles. The van der Waals surface area contributed by atoms with E-state index in [1.54, 1.807) is 4.68 Å². The number of aryl methyl sites for hydroxylation is 1. The Hall–Kier alpha value is -2.56. The van der Waals surface area contributed by atoms with E-state index in [2.05, 4.69) is 54.0 Å². The van der Waals surface area contributed by atoms with Crippen LogP contribution in [0.5, 0.6) is 0 Å². The highest BCUT2D eigenvalue weighted by Gasteiger charge is 2.20. The summed E-state index contributed by atoms with van der Waals surface area (Å²) in [5.74, 6) is 0.676. The van der Waals surface area contributed by atoms with Gasteiger partial charge in [0.2, 0.25) is 6.41 Å². The van der Waals surface area contributed by atoms with Crippen LogP contribution in [-0.4, -0.2) is 20.8 Å². The van der Waals surface area contributed by atoms with Crippen LogP contribution in [0.15, 0.2) is 36.5 Å². The van der Waals surface area contributed by atoms with Crippen LogP contribution in [0.2, 0.25) is 0 Å². The molecule has 0 aliphatic rings. The van der Waals surface area contributed by atoms with Crippen LogP contribution in [0.4, 0.5) is 5.82 Å². The Labute approximate surface area is 129 Å². The zero-order valence-corrected chi connectivity index (χ0v) is 13.3. The number of aromatic nitrogens is 3. The largest absolute Gasteiger partial charge is 0.351 e. The number of hydrogen-bond donors (Lipinski definition) is 1. The lowest BCUT2D eigenvalue weighted by Crippen LogP contribution is -2.12. The first-order chi connectivity index (χ1) is 10.4. The van der Waals surface area contributed by atoms with Gasteiger partial charge in [-0.05, 0) is 24.3 Å². The molecule has 3 aromatic rings. The van der Waals surface area contributed by atoms with E-state index >= 15 is 0 Å². The molecule has 0 bridgehead atoms. The van der Waals surface area contributed by atoms with Gasteiger partial charge in [-0.3, -0.25) is 4.79 Å². The van der Waals surface area contributed by atoms with Crippen molar-refractivity contribution in [2.45, 2.75) is 26.2 Å². The number of nitrogens with zero attached hydrogens (tertiary/aromatic N) is 3. The molecule has 5 heteroatoms. The smallest absolute Gasteiger partial charge is 0.212 e. The lowest BCUT2D eigenvalue weighted by atomic mass is 9.92. The van der Waals surface area contributed by atoms with Crippen molar-refractivity contribution in [1.82, 2.24) is 14.3 Å². The summed E-state index contributed by atoms with van der Waals surface area (Å²) in [5, 5.41) is 8.55. The van der Waals surface area contributed by atoms with Gasteiger partial charge >= 0.3 is 0 Å². The van der Waals surface area contributed by atoms with Gasteiger partial charge in [-0.15, -0.1) is 0 Å². The van der Waals surface area contributed by atoms with Gasteiger partial charge in [0.05, 0.1) is 11.4 Å². The first-order valence-corrected chi connectivity index (χ1v) is 7.26. The molecule has 0 saturated carbocycles. The zero-order chi connectivity index (χ0) is 15.9.